The maximum absolute atomic E-state index is 11.9. The second kappa shape index (κ2) is 6.67. The maximum atomic E-state index is 11.9. The fourth-order valence-corrected chi connectivity index (χ4v) is 1.85. The normalized spacial score (nSPS) is 16.9. The number of pyridine rings is 1. The molecule has 1 aromatic rings. The standard InChI is InChI=1S/C15H22N4O2/c1-3-9(2)13(16)15(21)18-11-6-7-12(17-8-11)19-14(20)10-4-5-10/h6-10,13H,3-5,16H2,1-2H3,(H,18,21)(H,17,19,20). The molecule has 0 bridgehead atoms. The highest BCUT2D eigenvalue weighted by Crippen LogP contribution is 2.29. The molecular formula is C15H22N4O2. The largest absolute Gasteiger partial charge is 0.323 e. The monoisotopic (exact) mass is 290 g/mol. The van der Waals surface area contributed by atoms with Gasteiger partial charge in [-0.2, -0.15) is 0 Å². The molecule has 1 saturated carbocycles. The van der Waals surface area contributed by atoms with Crippen LogP contribution in [-0.2, 0) is 9.59 Å². The van der Waals surface area contributed by atoms with E-state index < -0.39 is 6.04 Å². The summed E-state index contributed by atoms with van der Waals surface area (Å²) >= 11 is 0. The highest BCUT2D eigenvalue weighted by molar-refractivity contribution is 5.95. The molecule has 2 rings (SSSR count). The number of aromatic nitrogens is 1. The van der Waals surface area contributed by atoms with Crippen molar-refractivity contribution in [3.05, 3.63) is 18.3 Å². The van der Waals surface area contributed by atoms with Crippen molar-refractivity contribution in [2.24, 2.45) is 17.6 Å². The van der Waals surface area contributed by atoms with Gasteiger partial charge in [-0.15, -0.1) is 0 Å². The van der Waals surface area contributed by atoms with Gasteiger partial charge in [0.2, 0.25) is 11.8 Å². The fourth-order valence-electron chi connectivity index (χ4n) is 1.85. The van der Waals surface area contributed by atoms with Gasteiger partial charge in [0.15, 0.2) is 0 Å². The van der Waals surface area contributed by atoms with Crippen molar-refractivity contribution in [1.82, 2.24) is 4.98 Å². The molecule has 1 aromatic heterocycles. The Morgan fingerprint density at radius 1 is 1.38 bits per heavy atom. The van der Waals surface area contributed by atoms with E-state index in [1.165, 1.54) is 6.20 Å². The van der Waals surface area contributed by atoms with E-state index in [-0.39, 0.29) is 23.7 Å². The van der Waals surface area contributed by atoms with Crippen LogP contribution < -0.4 is 16.4 Å². The van der Waals surface area contributed by atoms with Crippen molar-refractivity contribution in [3.8, 4) is 0 Å². The Kier molecular flexibility index (Phi) is 4.90. The molecule has 6 heteroatoms. The third kappa shape index (κ3) is 4.26. The molecule has 1 aliphatic rings. The van der Waals surface area contributed by atoms with E-state index >= 15 is 0 Å². The first-order valence-electron chi connectivity index (χ1n) is 7.34. The van der Waals surface area contributed by atoms with Crippen LogP contribution in [-0.4, -0.2) is 22.8 Å². The molecule has 0 saturated heterocycles. The summed E-state index contributed by atoms with van der Waals surface area (Å²) in [6.07, 6.45) is 4.27. The predicted molar refractivity (Wildman–Crippen MR) is 81.7 cm³/mol. The number of hydrogen-bond acceptors (Lipinski definition) is 4. The molecule has 4 N–H and O–H groups in total. The number of nitrogens with two attached hydrogens (primary N) is 1. The molecule has 1 aliphatic carbocycles. The summed E-state index contributed by atoms with van der Waals surface area (Å²) < 4.78 is 0. The second-order valence-electron chi connectivity index (χ2n) is 5.60. The highest BCUT2D eigenvalue weighted by Gasteiger charge is 2.29. The van der Waals surface area contributed by atoms with Gasteiger partial charge in [-0.1, -0.05) is 20.3 Å². The minimum atomic E-state index is -0.538. The zero-order chi connectivity index (χ0) is 15.4. The van der Waals surface area contributed by atoms with E-state index in [0.29, 0.717) is 11.5 Å². The van der Waals surface area contributed by atoms with Gasteiger partial charge in [-0.25, -0.2) is 4.98 Å². The van der Waals surface area contributed by atoms with Crippen LogP contribution in [0, 0.1) is 11.8 Å². The Morgan fingerprint density at radius 2 is 2.10 bits per heavy atom. The Bertz CT molecular complexity index is 511. The van der Waals surface area contributed by atoms with Crippen molar-refractivity contribution in [2.45, 2.75) is 39.2 Å². The van der Waals surface area contributed by atoms with Crippen molar-refractivity contribution in [2.75, 3.05) is 10.6 Å². The average Bonchev–Trinajstić information content (AvgIpc) is 3.32. The van der Waals surface area contributed by atoms with Crippen molar-refractivity contribution in [1.29, 1.82) is 0 Å². The molecule has 114 valence electrons. The first-order valence-corrected chi connectivity index (χ1v) is 7.34. The molecule has 21 heavy (non-hydrogen) atoms. The van der Waals surface area contributed by atoms with E-state index in [1.54, 1.807) is 12.1 Å². The van der Waals surface area contributed by atoms with Gasteiger partial charge in [0.25, 0.3) is 0 Å². The minimum absolute atomic E-state index is 0.0121. The number of nitrogens with one attached hydrogen (secondary N) is 2. The summed E-state index contributed by atoms with van der Waals surface area (Å²) in [4.78, 5) is 27.7. The molecule has 0 spiro atoms. The lowest BCUT2D eigenvalue weighted by atomic mass is 9.99. The molecule has 2 atom stereocenters. The number of carbonyl (C=O) groups is 2. The average molecular weight is 290 g/mol. The molecule has 2 amide bonds. The zero-order valence-corrected chi connectivity index (χ0v) is 12.4. The number of carbonyl (C=O) groups excluding carboxylic acids is 2. The Labute approximate surface area is 124 Å². The van der Waals surface area contributed by atoms with E-state index in [9.17, 15) is 9.59 Å². The topological polar surface area (TPSA) is 97.1 Å². The molecule has 0 aromatic carbocycles. The summed E-state index contributed by atoms with van der Waals surface area (Å²) in [7, 11) is 0. The van der Waals surface area contributed by atoms with Gasteiger partial charge in [-0.3, -0.25) is 9.59 Å². The SMILES string of the molecule is CCC(C)C(N)C(=O)Nc1ccc(NC(=O)C2CC2)nc1. The predicted octanol–water partition coefficient (Wildman–Crippen LogP) is 1.74. The molecule has 0 radical (unpaired) electrons. The van der Waals surface area contributed by atoms with Crippen LogP contribution in [0.1, 0.15) is 33.1 Å². The highest BCUT2D eigenvalue weighted by atomic mass is 16.2. The van der Waals surface area contributed by atoms with E-state index in [0.717, 1.165) is 19.3 Å². The molecule has 1 fully saturated rings. The summed E-state index contributed by atoms with van der Waals surface area (Å²) in [5.41, 5.74) is 6.44. The van der Waals surface area contributed by atoms with Crippen LogP contribution in [0.4, 0.5) is 11.5 Å². The van der Waals surface area contributed by atoms with Crippen LogP contribution in [0.25, 0.3) is 0 Å². The molecule has 1 heterocycles. The number of amides is 2. The fraction of sp³-hybridized carbons (Fsp3) is 0.533. The van der Waals surface area contributed by atoms with Crippen molar-refractivity contribution in [3.63, 3.8) is 0 Å². The van der Waals surface area contributed by atoms with Crippen molar-refractivity contribution >= 4 is 23.3 Å². The first-order chi connectivity index (χ1) is 10.0. The lowest BCUT2D eigenvalue weighted by Crippen LogP contribution is -2.40. The maximum Gasteiger partial charge on any atom is 0.241 e. The smallest absolute Gasteiger partial charge is 0.241 e. The Balaban J connectivity index is 1.89. The minimum Gasteiger partial charge on any atom is -0.323 e. The van der Waals surface area contributed by atoms with Crippen LogP contribution in [0.5, 0.6) is 0 Å². The summed E-state index contributed by atoms with van der Waals surface area (Å²) in [5.74, 6) is 0.546. The molecule has 2 unspecified atom stereocenters. The van der Waals surface area contributed by atoms with Crippen molar-refractivity contribution < 1.29 is 9.59 Å². The number of anilines is 2. The van der Waals surface area contributed by atoms with E-state index in [2.05, 4.69) is 15.6 Å². The van der Waals surface area contributed by atoms with Gasteiger partial charge >= 0.3 is 0 Å². The van der Waals surface area contributed by atoms with Gasteiger partial charge in [-0.05, 0) is 30.9 Å². The van der Waals surface area contributed by atoms with Gasteiger partial charge in [0.1, 0.15) is 5.82 Å². The first kappa shape index (κ1) is 15.4. The second-order valence-corrected chi connectivity index (χ2v) is 5.60. The molecule has 0 aliphatic heterocycles. The summed E-state index contributed by atoms with van der Waals surface area (Å²) in [6, 6.07) is 2.84. The van der Waals surface area contributed by atoms with Crippen LogP contribution in [0.15, 0.2) is 18.3 Å². The lowest BCUT2D eigenvalue weighted by molar-refractivity contribution is -0.118. The van der Waals surface area contributed by atoms with Crippen LogP contribution in [0.3, 0.4) is 0 Å². The van der Waals surface area contributed by atoms with E-state index in [1.807, 2.05) is 13.8 Å². The zero-order valence-electron chi connectivity index (χ0n) is 12.4. The number of hydrogen-bond donors (Lipinski definition) is 3. The van der Waals surface area contributed by atoms with Crippen LogP contribution in [0.2, 0.25) is 0 Å². The van der Waals surface area contributed by atoms with Gasteiger partial charge in [0, 0.05) is 5.92 Å². The molecular weight excluding hydrogens is 268 g/mol. The third-order valence-corrected chi connectivity index (χ3v) is 3.79. The quantitative estimate of drug-likeness (QED) is 0.743. The number of rotatable bonds is 6. The Morgan fingerprint density at radius 3 is 2.62 bits per heavy atom. The number of nitrogens with zero attached hydrogens (tertiary/aromatic N) is 1. The third-order valence-electron chi connectivity index (χ3n) is 3.79. The lowest BCUT2D eigenvalue weighted by Gasteiger charge is -2.17. The Hall–Kier alpha value is -1.95. The molecule has 6 nitrogen and oxygen atoms in total. The van der Waals surface area contributed by atoms with E-state index in [4.69, 9.17) is 5.73 Å². The summed E-state index contributed by atoms with van der Waals surface area (Å²) in [6.45, 7) is 3.94. The van der Waals surface area contributed by atoms with Gasteiger partial charge in [0.05, 0.1) is 17.9 Å². The van der Waals surface area contributed by atoms with Crippen LogP contribution >= 0.6 is 0 Å². The summed E-state index contributed by atoms with van der Waals surface area (Å²) in [5, 5.41) is 5.48. The van der Waals surface area contributed by atoms with Gasteiger partial charge < -0.3 is 16.4 Å².